The van der Waals surface area contributed by atoms with Gasteiger partial charge >= 0.3 is 5.97 Å². The van der Waals surface area contributed by atoms with Crippen molar-refractivity contribution in [3.8, 4) is 5.69 Å². The van der Waals surface area contributed by atoms with Gasteiger partial charge in [0.05, 0.1) is 24.2 Å². The molecule has 0 radical (unpaired) electrons. The van der Waals surface area contributed by atoms with Crippen LogP contribution in [0.2, 0.25) is 0 Å². The van der Waals surface area contributed by atoms with Crippen molar-refractivity contribution in [1.82, 2.24) is 9.78 Å². The molecule has 18 heavy (non-hydrogen) atoms. The lowest BCUT2D eigenvalue weighted by atomic mass is 10.2. The van der Waals surface area contributed by atoms with E-state index in [1.807, 2.05) is 38.1 Å². The summed E-state index contributed by atoms with van der Waals surface area (Å²) in [6.45, 7) is 6.04. The molecule has 94 valence electrons. The Morgan fingerprint density at radius 3 is 2.83 bits per heavy atom. The average Bonchev–Trinajstić information content (AvgIpc) is 2.71. The maximum absolute atomic E-state index is 11.7. The van der Waals surface area contributed by atoms with Crippen molar-refractivity contribution >= 4 is 5.97 Å². The second kappa shape index (κ2) is 5.04. The van der Waals surface area contributed by atoms with E-state index in [1.165, 1.54) is 0 Å². The van der Waals surface area contributed by atoms with Gasteiger partial charge in [0.15, 0.2) is 0 Å². The second-order valence-corrected chi connectivity index (χ2v) is 4.11. The van der Waals surface area contributed by atoms with Crippen LogP contribution in [0.4, 0.5) is 0 Å². The third-order valence-corrected chi connectivity index (χ3v) is 2.75. The fraction of sp³-hybridized carbons (Fsp3) is 0.286. The minimum absolute atomic E-state index is 0.325. The van der Waals surface area contributed by atoms with Crippen LogP contribution >= 0.6 is 0 Å². The second-order valence-electron chi connectivity index (χ2n) is 4.11. The highest BCUT2D eigenvalue weighted by Crippen LogP contribution is 2.16. The van der Waals surface area contributed by atoms with Crippen LogP contribution in [0.15, 0.2) is 30.5 Å². The molecule has 0 aliphatic rings. The summed E-state index contributed by atoms with van der Waals surface area (Å²) in [5.74, 6) is -0.325. The number of benzene rings is 1. The molecule has 1 heterocycles. The first-order chi connectivity index (χ1) is 8.63. The minimum atomic E-state index is -0.325. The predicted octanol–water partition coefficient (Wildman–Crippen LogP) is 2.67. The molecule has 0 unspecified atom stereocenters. The van der Waals surface area contributed by atoms with Crippen LogP contribution in [0.5, 0.6) is 0 Å². The van der Waals surface area contributed by atoms with E-state index >= 15 is 0 Å². The van der Waals surface area contributed by atoms with Gasteiger partial charge in [0.1, 0.15) is 5.56 Å². The average molecular weight is 244 g/mol. The van der Waals surface area contributed by atoms with Crippen LogP contribution in [0.1, 0.15) is 28.5 Å². The molecule has 4 heteroatoms. The minimum Gasteiger partial charge on any atom is -0.462 e. The number of rotatable bonds is 3. The topological polar surface area (TPSA) is 44.1 Å². The zero-order chi connectivity index (χ0) is 13.1. The number of carbonyl (C=O) groups excluding carboxylic acids is 1. The molecule has 0 bridgehead atoms. The Bertz CT molecular complexity index is 573. The van der Waals surface area contributed by atoms with Gasteiger partial charge in [0.25, 0.3) is 0 Å². The van der Waals surface area contributed by atoms with Gasteiger partial charge in [-0.25, -0.2) is 9.48 Å². The molecule has 2 aromatic rings. The number of ether oxygens (including phenoxy) is 1. The lowest BCUT2D eigenvalue weighted by Gasteiger charge is -2.06. The van der Waals surface area contributed by atoms with Gasteiger partial charge in [-0.15, -0.1) is 0 Å². The molecule has 1 aromatic carbocycles. The summed E-state index contributed by atoms with van der Waals surface area (Å²) < 4.78 is 6.74. The summed E-state index contributed by atoms with van der Waals surface area (Å²) >= 11 is 0. The van der Waals surface area contributed by atoms with E-state index in [0.717, 1.165) is 16.9 Å². The number of esters is 1. The molecular weight excluding hydrogens is 228 g/mol. The molecule has 0 aliphatic carbocycles. The highest BCUT2D eigenvalue weighted by Gasteiger charge is 2.15. The van der Waals surface area contributed by atoms with Crippen LogP contribution in [-0.4, -0.2) is 22.4 Å². The molecule has 0 atom stereocenters. The van der Waals surface area contributed by atoms with E-state index in [0.29, 0.717) is 12.2 Å². The van der Waals surface area contributed by atoms with E-state index in [-0.39, 0.29) is 5.97 Å². The molecule has 2 rings (SSSR count). The quantitative estimate of drug-likeness (QED) is 0.780. The van der Waals surface area contributed by atoms with E-state index in [4.69, 9.17) is 4.74 Å². The van der Waals surface area contributed by atoms with Crippen molar-refractivity contribution in [3.05, 3.63) is 47.3 Å². The third kappa shape index (κ3) is 2.27. The highest BCUT2D eigenvalue weighted by atomic mass is 16.5. The molecule has 0 spiro atoms. The Balaban J connectivity index is 2.39. The van der Waals surface area contributed by atoms with E-state index in [1.54, 1.807) is 17.8 Å². The van der Waals surface area contributed by atoms with Crippen LogP contribution in [0, 0.1) is 13.8 Å². The normalized spacial score (nSPS) is 10.4. The first-order valence-corrected chi connectivity index (χ1v) is 5.92. The van der Waals surface area contributed by atoms with Crippen LogP contribution in [0.25, 0.3) is 5.69 Å². The molecule has 0 saturated carbocycles. The largest absolute Gasteiger partial charge is 0.462 e. The van der Waals surface area contributed by atoms with Gasteiger partial charge in [-0.3, -0.25) is 0 Å². The van der Waals surface area contributed by atoms with Crippen LogP contribution < -0.4 is 0 Å². The van der Waals surface area contributed by atoms with Gasteiger partial charge in [-0.2, -0.15) is 5.10 Å². The van der Waals surface area contributed by atoms with Crippen LogP contribution in [0.3, 0.4) is 0 Å². The monoisotopic (exact) mass is 244 g/mol. The molecular formula is C14H16N2O2. The molecule has 0 aliphatic heterocycles. The molecule has 1 aromatic heterocycles. The molecule has 0 amide bonds. The number of hydrogen-bond acceptors (Lipinski definition) is 3. The summed E-state index contributed by atoms with van der Waals surface area (Å²) in [6.07, 6.45) is 1.55. The third-order valence-electron chi connectivity index (χ3n) is 2.75. The number of carbonyl (C=O) groups is 1. The first kappa shape index (κ1) is 12.4. The summed E-state index contributed by atoms with van der Waals surface area (Å²) in [4.78, 5) is 11.7. The van der Waals surface area contributed by atoms with Crippen molar-refractivity contribution < 1.29 is 9.53 Å². The Hall–Kier alpha value is -2.10. The smallest absolute Gasteiger partial charge is 0.341 e. The van der Waals surface area contributed by atoms with Crippen molar-refractivity contribution in [2.24, 2.45) is 0 Å². The molecule has 0 fully saturated rings. The zero-order valence-corrected chi connectivity index (χ0v) is 10.8. The summed E-state index contributed by atoms with van der Waals surface area (Å²) in [5.41, 5.74) is 3.40. The van der Waals surface area contributed by atoms with Crippen molar-refractivity contribution in [1.29, 1.82) is 0 Å². The lowest BCUT2D eigenvalue weighted by molar-refractivity contribution is 0.0525. The fourth-order valence-electron chi connectivity index (χ4n) is 1.84. The maximum atomic E-state index is 11.7. The fourth-order valence-corrected chi connectivity index (χ4v) is 1.84. The number of aryl methyl sites for hydroxylation is 1. The molecule has 0 N–H and O–H groups in total. The Morgan fingerprint density at radius 2 is 2.17 bits per heavy atom. The van der Waals surface area contributed by atoms with Crippen molar-refractivity contribution in [3.63, 3.8) is 0 Å². The van der Waals surface area contributed by atoms with Crippen molar-refractivity contribution in [2.45, 2.75) is 20.8 Å². The lowest BCUT2D eigenvalue weighted by Crippen LogP contribution is -2.06. The van der Waals surface area contributed by atoms with Gasteiger partial charge in [-0.1, -0.05) is 12.1 Å². The number of hydrogen-bond donors (Lipinski definition) is 0. The molecule has 0 saturated heterocycles. The van der Waals surface area contributed by atoms with Gasteiger partial charge in [-0.05, 0) is 38.5 Å². The Morgan fingerprint density at radius 1 is 1.39 bits per heavy atom. The van der Waals surface area contributed by atoms with Crippen molar-refractivity contribution in [2.75, 3.05) is 6.61 Å². The van der Waals surface area contributed by atoms with Gasteiger partial charge in [0.2, 0.25) is 0 Å². The SMILES string of the molecule is CCOC(=O)c1cnn(-c2cccc(C)c2)c1C. The zero-order valence-electron chi connectivity index (χ0n) is 10.8. The van der Waals surface area contributed by atoms with E-state index in [9.17, 15) is 4.79 Å². The Kier molecular flexibility index (Phi) is 3.46. The standard InChI is InChI=1S/C14H16N2O2/c1-4-18-14(17)13-9-15-16(11(13)3)12-7-5-6-10(2)8-12/h5-9H,4H2,1-3H3. The maximum Gasteiger partial charge on any atom is 0.341 e. The van der Waals surface area contributed by atoms with E-state index < -0.39 is 0 Å². The van der Waals surface area contributed by atoms with E-state index in [2.05, 4.69) is 5.10 Å². The predicted molar refractivity (Wildman–Crippen MR) is 69.0 cm³/mol. The van der Waals surface area contributed by atoms with Gasteiger partial charge in [0, 0.05) is 0 Å². The number of aromatic nitrogens is 2. The number of nitrogens with zero attached hydrogens (tertiary/aromatic N) is 2. The summed E-state index contributed by atoms with van der Waals surface area (Å²) in [7, 11) is 0. The molecule has 4 nitrogen and oxygen atoms in total. The first-order valence-electron chi connectivity index (χ1n) is 5.92. The summed E-state index contributed by atoms with van der Waals surface area (Å²) in [5, 5.41) is 4.25. The highest BCUT2D eigenvalue weighted by molar-refractivity contribution is 5.90. The van der Waals surface area contributed by atoms with Gasteiger partial charge < -0.3 is 4.74 Å². The summed E-state index contributed by atoms with van der Waals surface area (Å²) in [6, 6.07) is 7.97. The van der Waals surface area contributed by atoms with Crippen LogP contribution in [-0.2, 0) is 4.74 Å². The Labute approximate surface area is 106 Å².